The summed E-state index contributed by atoms with van der Waals surface area (Å²) in [4.78, 5) is 12.3. The zero-order valence-electron chi connectivity index (χ0n) is 13.3. The van der Waals surface area contributed by atoms with Crippen molar-refractivity contribution in [2.45, 2.75) is 26.4 Å². The Morgan fingerprint density at radius 2 is 2.33 bits per heavy atom. The first kappa shape index (κ1) is 16.4. The summed E-state index contributed by atoms with van der Waals surface area (Å²) in [6.45, 7) is 4.35. The molecule has 0 radical (unpaired) electrons. The highest BCUT2D eigenvalue weighted by Crippen LogP contribution is 2.26. The van der Waals surface area contributed by atoms with Gasteiger partial charge in [0.2, 0.25) is 0 Å². The van der Waals surface area contributed by atoms with Crippen LogP contribution in [0.2, 0.25) is 0 Å². The molecule has 0 saturated carbocycles. The minimum absolute atomic E-state index is 0.134. The van der Waals surface area contributed by atoms with Crippen molar-refractivity contribution in [2.24, 2.45) is 0 Å². The number of amides is 1. The first-order chi connectivity index (χ1) is 11.5. The zero-order chi connectivity index (χ0) is 17.3. The van der Waals surface area contributed by atoms with Crippen LogP contribution >= 0.6 is 12.2 Å². The second kappa shape index (κ2) is 6.56. The van der Waals surface area contributed by atoms with E-state index in [1.165, 1.54) is 12.1 Å². The standard InChI is InChI=1S/C16H17FN4O2S/c1-9(2)21-14(19-20-16(21)24)7-18-15(22)11-5-10-6-12(17)3-4-13(10)23-8-11/h3-6,9H,7-8H2,1-2H3,(H,18,22)(H,20,24). The first-order valence-electron chi connectivity index (χ1n) is 7.52. The number of H-pyrrole nitrogens is 1. The number of halogens is 1. The molecule has 1 aromatic heterocycles. The van der Waals surface area contributed by atoms with E-state index in [4.69, 9.17) is 17.0 Å². The van der Waals surface area contributed by atoms with E-state index in [0.29, 0.717) is 27.5 Å². The summed E-state index contributed by atoms with van der Waals surface area (Å²) in [5.41, 5.74) is 0.981. The van der Waals surface area contributed by atoms with Crippen LogP contribution in [0, 0.1) is 10.6 Å². The lowest BCUT2D eigenvalue weighted by molar-refractivity contribution is -0.118. The molecule has 3 rings (SSSR count). The molecule has 0 bridgehead atoms. The summed E-state index contributed by atoms with van der Waals surface area (Å²) in [6.07, 6.45) is 1.64. The number of rotatable bonds is 4. The van der Waals surface area contributed by atoms with Crippen LogP contribution in [0.15, 0.2) is 23.8 Å². The molecule has 126 valence electrons. The van der Waals surface area contributed by atoms with Gasteiger partial charge in [-0.25, -0.2) is 4.39 Å². The van der Waals surface area contributed by atoms with Gasteiger partial charge in [0.15, 0.2) is 10.6 Å². The Bertz CT molecular complexity index is 869. The van der Waals surface area contributed by atoms with E-state index >= 15 is 0 Å². The second-order valence-electron chi connectivity index (χ2n) is 5.73. The van der Waals surface area contributed by atoms with Crippen LogP contribution in [0.4, 0.5) is 4.39 Å². The average molecular weight is 348 g/mol. The number of fused-ring (bicyclic) bond motifs is 1. The fraction of sp³-hybridized carbons (Fsp3) is 0.312. The monoisotopic (exact) mass is 348 g/mol. The largest absolute Gasteiger partial charge is 0.488 e. The molecular weight excluding hydrogens is 331 g/mol. The van der Waals surface area contributed by atoms with Gasteiger partial charge in [0.05, 0.1) is 12.1 Å². The summed E-state index contributed by atoms with van der Waals surface area (Å²) < 4.78 is 21.1. The van der Waals surface area contributed by atoms with Crippen LogP contribution < -0.4 is 10.1 Å². The Morgan fingerprint density at radius 1 is 1.54 bits per heavy atom. The lowest BCUT2D eigenvalue weighted by Gasteiger charge is -2.18. The van der Waals surface area contributed by atoms with Gasteiger partial charge >= 0.3 is 0 Å². The molecule has 2 aromatic rings. The van der Waals surface area contributed by atoms with Gasteiger partial charge in [0.25, 0.3) is 5.91 Å². The third-order valence-corrected chi connectivity index (χ3v) is 3.97. The number of ether oxygens (including phenoxy) is 1. The van der Waals surface area contributed by atoms with Crippen LogP contribution in [0.3, 0.4) is 0 Å². The van der Waals surface area contributed by atoms with Crippen molar-refractivity contribution < 1.29 is 13.9 Å². The van der Waals surface area contributed by atoms with Crippen LogP contribution in [-0.4, -0.2) is 27.3 Å². The van der Waals surface area contributed by atoms with E-state index < -0.39 is 0 Å². The molecule has 6 nitrogen and oxygen atoms in total. The van der Waals surface area contributed by atoms with E-state index in [2.05, 4.69) is 15.5 Å². The molecule has 2 heterocycles. The van der Waals surface area contributed by atoms with Crippen molar-refractivity contribution in [3.05, 3.63) is 45.7 Å². The zero-order valence-corrected chi connectivity index (χ0v) is 14.1. The molecule has 1 aliphatic heterocycles. The number of aromatic nitrogens is 3. The lowest BCUT2D eigenvalue weighted by atomic mass is 10.1. The predicted octanol–water partition coefficient (Wildman–Crippen LogP) is 2.75. The fourth-order valence-electron chi connectivity index (χ4n) is 2.55. The van der Waals surface area contributed by atoms with Crippen LogP contribution in [-0.2, 0) is 11.3 Å². The molecule has 8 heteroatoms. The average Bonchev–Trinajstić information content (AvgIpc) is 2.92. The maximum atomic E-state index is 13.3. The molecule has 0 aliphatic carbocycles. The molecule has 0 spiro atoms. The van der Waals surface area contributed by atoms with Crippen molar-refractivity contribution in [3.8, 4) is 5.75 Å². The minimum Gasteiger partial charge on any atom is -0.488 e. The van der Waals surface area contributed by atoms with Gasteiger partial charge in [-0.05, 0) is 50.3 Å². The molecule has 1 aromatic carbocycles. The summed E-state index contributed by atoms with van der Waals surface area (Å²) in [5, 5.41) is 9.65. The predicted molar refractivity (Wildman–Crippen MR) is 89.5 cm³/mol. The molecule has 1 aliphatic rings. The van der Waals surface area contributed by atoms with Gasteiger partial charge in [-0.3, -0.25) is 9.89 Å². The Kier molecular flexibility index (Phi) is 4.48. The number of nitrogens with zero attached hydrogens (tertiary/aromatic N) is 2. The third kappa shape index (κ3) is 3.23. The first-order valence-corrected chi connectivity index (χ1v) is 7.93. The van der Waals surface area contributed by atoms with Crippen molar-refractivity contribution in [1.29, 1.82) is 0 Å². The molecule has 0 unspecified atom stereocenters. The summed E-state index contributed by atoms with van der Waals surface area (Å²) >= 11 is 5.18. The van der Waals surface area contributed by atoms with Crippen molar-refractivity contribution in [1.82, 2.24) is 20.1 Å². The topological polar surface area (TPSA) is 71.9 Å². The SMILES string of the molecule is CC(C)n1c(CNC(=O)C2=Cc3cc(F)ccc3OC2)n[nH]c1=S. The number of hydrogen-bond acceptors (Lipinski definition) is 4. The Hall–Kier alpha value is -2.48. The molecule has 1 amide bonds. The van der Waals surface area contributed by atoms with E-state index in [0.717, 1.165) is 0 Å². The molecule has 24 heavy (non-hydrogen) atoms. The maximum absolute atomic E-state index is 13.3. The molecule has 0 saturated heterocycles. The Morgan fingerprint density at radius 3 is 3.08 bits per heavy atom. The molecule has 0 fully saturated rings. The van der Waals surface area contributed by atoms with Crippen molar-refractivity contribution in [3.63, 3.8) is 0 Å². The quantitative estimate of drug-likeness (QED) is 0.834. The van der Waals surface area contributed by atoms with Gasteiger partial charge in [-0.2, -0.15) is 5.10 Å². The van der Waals surface area contributed by atoms with Gasteiger partial charge in [-0.1, -0.05) is 0 Å². The Balaban J connectivity index is 1.73. The van der Waals surface area contributed by atoms with E-state index in [1.54, 1.807) is 12.1 Å². The third-order valence-electron chi connectivity index (χ3n) is 3.68. The van der Waals surface area contributed by atoms with Gasteiger partial charge < -0.3 is 14.6 Å². The normalized spacial score (nSPS) is 13.2. The highest BCUT2D eigenvalue weighted by atomic mass is 32.1. The van der Waals surface area contributed by atoms with E-state index in [-0.39, 0.29) is 30.9 Å². The number of carbonyl (C=O) groups is 1. The number of benzene rings is 1. The smallest absolute Gasteiger partial charge is 0.251 e. The number of nitrogens with one attached hydrogen (secondary N) is 2. The highest BCUT2D eigenvalue weighted by Gasteiger charge is 2.18. The van der Waals surface area contributed by atoms with E-state index in [9.17, 15) is 9.18 Å². The number of hydrogen-bond donors (Lipinski definition) is 2. The van der Waals surface area contributed by atoms with Crippen LogP contribution in [0.25, 0.3) is 6.08 Å². The lowest BCUT2D eigenvalue weighted by Crippen LogP contribution is -2.29. The van der Waals surface area contributed by atoms with Crippen molar-refractivity contribution >= 4 is 24.2 Å². The molecule has 2 N–H and O–H groups in total. The fourth-order valence-corrected chi connectivity index (χ4v) is 2.91. The van der Waals surface area contributed by atoms with Gasteiger partial charge in [-0.15, -0.1) is 0 Å². The summed E-state index contributed by atoms with van der Waals surface area (Å²) in [5.74, 6) is 0.553. The summed E-state index contributed by atoms with van der Waals surface area (Å²) in [7, 11) is 0. The van der Waals surface area contributed by atoms with E-state index in [1.807, 2.05) is 18.4 Å². The maximum Gasteiger partial charge on any atom is 0.251 e. The van der Waals surface area contributed by atoms with Crippen molar-refractivity contribution in [2.75, 3.05) is 6.61 Å². The Labute approximate surface area is 143 Å². The minimum atomic E-state index is -0.372. The summed E-state index contributed by atoms with van der Waals surface area (Å²) in [6, 6.07) is 4.35. The van der Waals surface area contributed by atoms with Crippen LogP contribution in [0.5, 0.6) is 5.75 Å². The number of carbonyl (C=O) groups excluding carboxylic acids is 1. The highest BCUT2D eigenvalue weighted by molar-refractivity contribution is 7.71. The van der Waals surface area contributed by atoms with Crippen LogP contribution in [0.1, 0.15) is 31.3 Å². The second-order valence-corrected chi connectivity index (χ2v) is 6.12. The number of aromatic amines is 1. The van der Waals surface area contributed by atoms with Gasteiger partial charge in [0.1, 0.15) is 18.2 Å². The molecule has 0 atom stereocenters. The van der Waals surface area contributed by atoms with Gasteiger partial charge in [0, 0.05) is 11.6 Å². The molecular formula is C16H17FN4O2S.